The lowest BCUT2D eigenvalue weighted by molar-refractivity contribution is 0.278. The SMILES string of the molecule is CCCCCC(Br)Oc1ccccc1. The second-order valence-electron chi connectivity index (χ2n) is 3.34. The van der Waals surface area contributed by atoms with E-state index >= 15 is 0 Å². The zero-order valence-corrected chi connectivity index (χ0v) is 10.2. The van der Waals surface area contributed by atoms with Gasteiger partial charge < -0.3 is 4.74 Å². The summed E-state index contributed by atoms with van der Waals surface area (Å²) in [6, 6.07) is 9.93. The van der Waals surface area contributed by atoms with E-state index in [0.717, 1.165) is 12.2 Å². The molecule has 1 aromatic rings. The molecule has 2 heteroatoms. The van der Waals surface area contributed by atoms with E-state index < -0.39 is 0 Å². The highest BCUT2D eigenvalue weighted by molar-refractivity contribution is 9.09. The minimum Gasteiger partial charge on any atom is -0.479 e. The second kappa shape index (κ2) is 6.88. The number of hydrogen-bond acceptors (Lipinski definition) is 1. The van der Waals surface area contributed by atoms with Crippen molar-refractivity contribution in [3.8, 4) is 5.75 Å². The first-order valence-electron chi connectivity index (χ1n) is 5.18. The molecule has 0 heterocycles. The average molecular weight is 257 g/mol. The van der Waals surface area contributed by atoms with Crippen molar-refractivity contribution in [1.29, 1.82) is 0 Å². The van der Waals surface area contributed by atoms with Crippen LogP contribution in [0.25, 0.3) is 0 Å². The quantitative estimate of drug-likeness (QED) is 0.543. The fourth-order valence-electron chi connectivity index (χ4n) is 1.26. The Hall–Kier alpha value is -0.500. The molecule has 1 unspecified atom stereocenters. The summed E-state index contributed by atoms with van der Waals surface area (Å²) in [5.41, 5.74) is 0. The molecule has 0 saturated heterocycles. The minimum atomic E-state index is 0.149. The van der Waals surface area contributed by atoms with E-state index in [0.29, 0.717) is 0 Å². The molecule has 1 atom stereocenters. The van der Waals surface area contributed by atoms with Crippen molar-refractivity contribution >= 4 is 15.9 Å². The van der Waals surface area contributed by atoms with E-state index in [1.54, 1.807) is 0 Å². The molecule has 0 amide bonds. The number of benzene rings is 1. The number of rotatable bonds is 6. The van der Waals surface area contributed by atoms with E-state index in [-0.39, 0.29) is 5.01 Å². The van der Waals surface area contributed by atoms with Gasteiger partial charge in [-0.1, -0.05) is 38.0 Å². The maximum absolute atomic E-state index is 5.68. The molecule has 1 aromatic carbocycles. The Kier molecular flexibility index (Phi) is 5.69. The molecule has 0 aliphatic heterocycles. The van der Waals surface area contributed by atoms with E-state index in [2.05, 4.69) is 22.9 Å². The van der Waals surface area contributed by atoms with Gasteiger partial charge in [0.15, 0.2) is 5.01 Å². The molecule has 0 N–H and O–H groups in total. The zero-order chi connectivity index (χ0) is 10.2. The molecular weight excluding hydrogens is 240 g/mol. The third kappa shape index (κ3) is 4.66. The molecule has 0 spiro atoms. The van der Waals surface area contributed by atoms with Crippen LogP contribution in [0.4, 0.5) is 0 Å². The Labute approximate surface area is 94.6 Å². The van der Waals surface area contributed by atoms with Gasteiger partial charge in [0.05, 0.1) is 0 Å². The first kappa shape index (κ1) is 11.6. The van der Waals surface area contributed by atoms with E-state index in [9.17, 15) is 0 Å². The minimum absolute atomic E-state index is 0.149. The Morgan fingerprint density at radius 3 is 2.57 bits per heavy atom. The van der Waals surface area contributed by atoms with Crippen molar-refractivity contribution in [2.75, 3.05) is 0 Å². The van der Waals surface area contributed by atoms with Gasteiger partial charge in [-0.05, 0) is 40.9 Å². The standard InChI is InChI=1S/C12H17BrO/c1-2-3-5-10-12(13)14-11-8-6-4-7-9-11/h4,6-9,12H,2-3,5,10H2,1H3. The van der Waals surface area contributed by atoms with Crippen molar-refractivity contribution in [2.45, 2.75) is 37.6 Å². The van der Waals surface area contributed by atoms with E-state index in [4.69, 9.17) is 4.74 Å². The van der Waals surface area contributed by atoms with Crippen LogP contribution in [0.5, 0.6) is 5.75 Å². The monoisotopic (exact) mass is 256 g/mol. The van der Waals surface area contributed by atoms with Gasteiger partial charge in [0.25, 0.3) is 0 Å². The maximum Gasteiger partial charge on any atom is 0.153 e. The number of unbranched alkanes of at least 4 members (excludes halogenated alkanes) is 2. The Balaban J connectivity index is 2.23. The summed E-state index contributed by atoms with van der Waals surface area (Å²) >= 11 is 3.52. The zero-order valence-electron chi connectivity index (χ0n) is 8.58. The Bertz CT molecular complexity index is 235. The molecule has 1 rings (SSSR count). The highest BCUT2D eigenvalue weighted by atomic mass is 79.9. The van der Waals surface area contributed by atoms with Crippen molar-refractivity contribution in [3.63, 3.8) is 0 Å². The molecule has 78 valence electrons. The van der Waals surface area contributed by atoms with Crippen molar-refractivity contribution < 1.29 is 4.74 Å². The van der Waals surface area contributed by atoms with Gasteiger partial charge in [0.2, 0.25) is 0 Å². The van der Waals surface area contributed by atoms with Gasteiger partial charge in [-0.3, -0.25) is 0 Å². The van der Waals surface area contributed by atoms with E-state index in [1.807, 2.05) is 30.3 Å². The summed E-state index contributed by atoms with van der Waals surface area (Å²) in [5.74, 6) is 0.936. The summed E-state index contributed by atoms with van der Waals surface area (Å²) in [6.07, 6.45) is 4.83. The van der Waals surface area contributed by atoms with Gasteiger partial charge in [0, 0.05) is 0 Å². The predicted octanol–water partition coefficient (Wildman–Crippen LogP) is 4.37. The summed E-state index contributed by atoms with van der Waals surface area (Å²) in [7, 11) is 0. The third-order valence-electron chi connectivity index (χ3n) is 2.04. The largest absolute Gasteiger partial charge is 0.479 e. The van der Waals surface area contributed by atoms with Crippen LogP contribution >= 0.6 is 15.9 Å². The van der Waals surface area contributed by atoms with E-state index in [1.165, 1.54) is 19.3 Å². The second-order valence-corrected chi connectivity index (χ2v) is 4.36. The lowest BCUT2D eigenvalue weighted by atomic mass is 10.2. The average Bonchev–Trinajstić information content (AvgIpc) is 2.20. The molecule has 0 radical (unpaired) electrons. The normalized spacial score (nSPS) is 12.4. The fraction of sp³-hybridized carbons (Fsp3) is 0.500. The number of hydrogen-bond donors (Lipinski definition) is 0. The highest BCUT2D eigenvalue weighted by Crippen LogP contribution is 2.17. The van der Waals surface area contributed by atoms with Crippen LogP contribution in [0.15, 0.2) is 30.3 Å². The molecule has 1 nitrogen and oxygen atoms in total. The summed E-state index contributed by atoms with van der Waals surface area (Å²) in [6.45, 7) is 2.21. The first-order valence-corrected chi connectivity index (χ1v) is 6.10. The Morgan fingerprint density at radius 1 is 1.21 bits per heavy atom. The molecular formula is C12H17BrO. The molecule has 0 bridgehead atoms. The van der Waals surface area contributed by atoms with Crippen LogP contribution in [-0.4, -0.2) is 5.01 Å². The lowest BCUT2D eigenvalue weighted by Crippen LogP contribution is -2.07. The smallest absolute Gasteiger partial charge is 0.153 e. The van der Waals surface area contributed by atoms with Crippen molar-refractivity contribution in [3.05, 3.63) is 30.3 Å². The van der Waals surface area contributed by atoms with Crippen LogP contribution in [0, 0.1) is 0 Å². The van der Waals surface area contributed by atoms with Crippen LogP contribution in [0.3, 0.4) is 0 Å². The number of ether oxygens (including phenoxy) is 1. The van der Waals surface area contributed by atoms with Crippen LogP contribution in [0.2, 0.25) is 0 Å². The number of alkyl halides is 1. The van der Waals surface area contributed by atoms with Gasteiger partial charge in [0.1, 0.15) is 5.75 Å². The molecule has 0 fully saturated rings. The number of halogens is 1. The molecule has 14 heavy (non-hydrogen) atoms. The maximum atomic E-state index is 5.68. The highest BCUT2D eigenvalue weighted by Gasteiger charge is 2.04. The molecule has 0 saturated carbocycles. The van der Waals surface area contributed by atoms with Crippen LogP contribution < -0.4 is 4.74 Å². The first-order chi connectivity index (χ1) is 6.83. The Morgan fingerprint density at radius 2 is 1.93 bits per heavy atom. The predicted molar refractivity (Wildman–Crippen MR) is 63.9 cm³/mol. The molecule has 0 aliphatic carbocycles. The molecule has 0 aromatic heterocycles. The summed E-state index contributed by atoms with van der Waals surface area (Å²) < 4.78 is 5.68. The van der Waals surface area contributed by atoms with Gasteiger partial charge in [-0.15, -0.1) is 0 Å². The summed E-state index contributed by atoms with van der Waals surface area (Å²) in [5, 5.41) is 0.149. The number of para-hydroxylation sites is 1. The topological polar surface area (TPSA) is 9.23 Å². The van der Waals surface area contributed by atoms with Crippen molar-refractivity contribution in [1.82, 2.24) is 0 Å². The van der Waals surface area contributed by atoms with Crippen LogP contribution in [0.1, 0.15) is 32.6 Å². The molecule has 0 aliphatic rings. The lowest BCUT2D eigenvalue weighted by Gasteiger charge is -2.12. The summed E-state index contributed by atoms with van der Waals surface area (Å²) in [4.78, 5) is 0. The van der Waals surface area contributed by atoms with Gasteiger partial charge >= 0.3 is 0 Å². The fourth-order valence-corrected chi connectivity index (χ4v) is 1.80. The third-order valence-corrected chi connectivity index (χ3v) is 2.69. The van der Waals surface area contributed by atoms with Gasteiger partial charge in [-0.25, -0.2) is 0 Å². The van der Waals surface area contributed by atoms with Gasteiger partial charge in [-0.2, -0.15) is 0 Å². The van der Waals surface area contributed by atoms with Crippen molar-refractivity contribution in [2.24, 2.45) is 0 Å². The van der Waals surface area contributed by atoms with Crippen LogP contribution in [-0.2, 0) is 0 Å².